The maximum atomic E-state index is 14.7. The Balaban J connectivity index is 0.000000250. The van der Waals surface area contributed by atoms with Gasteiger partial charge in [-0.15, -0.1) is 53.6 Å². The summed E-state index contributed by atoms with van der Waals surface area (Å²) >= 11 is 0. The molecular formula is C42H29FIrN2O-2. The van der Waals surface area contributed by atoms with E-state index in [-0.39, 0.29) is 25.9 Å². The molecule has 3 aromatic heterocycles. The molecule has 5 heteroatoms. The molecule has 0 fully saturated rings. The van der Waals surface area contributed by atoms with Gasteiger partial charge in [-0.05, 0) is 58.9 Å². The number of hydrogen-bond acceptors (Lipinski definition) is 3. The molecule has 0 N–H and O–H groups in total. The molecule has 0 unspecified atom stereocenters. The molecule has 231 valence electrons. The molecule has 3 nitrogen and oxygen atoms in total. The van der Waals surface area contributed by atoms with E-state index < -0.39 is 0 Å². The van der Waals surface area contributed by atoms with Crippen LogP contribution >= 0.6 is 0 Å². The van der Waals surface area contributed by atoms with Gasteiger partial charge in [0.15, 0.2) is 0 Å². The van der Waals surface area contributed by atoms with E-state index in [2.05, 4.69) is 72.3 Å². The Kier molecular flexibility index (Phi) is 9.49. The van der Waals surface area contributed by atoms with Gasteiger partial charge in [0.05, 0.1) is 11.8 Å². The van der Waals surface area contributed by atoms with Crippen molar-refractivity contribution in [2.45, 2.75) is 13.8 Å². The van der Waals surface area contributed by atoms with Gasteiger partial charge in [0.2, 0.25) is 0 Å². The zero-order valence-electron chi connectivity index (χ0n) is 25.8. The van der Waals surface area contributed by atoms with Gasteiger partial charge in [0.25, 0.3) is 0 Å². The molecule has 0 amide bonds. The molecule has 1 radical (unpaired) electrons. The Labute approximate surface area is 287 Å². The number of benzene rings is 5. The summed E-state index contributed by atoms with van der Waals surface area (Å²) < 4.78 is 21.1. The number of pyridine rings is 2. The normalized spacial score (nSPS) is 10.7. The molecule has 0 spiro atoms. The van der Waals surface area contributed by atoms with E-state index in [1.165, 1.54) is 22.9 Å². The van der Waals surface area contributed by atoms with Gasteiger partial charge < -0.3 is 14.4 Å². The van der Waals surface area contributed by atoms with Crippen LogP contribution in [0.25, 0.3) is 66.7 Å². The Hall–Kier alpha value is -5.22. The van der Waals surface area contributed by atoms with E-state index >= 15 is 0 Å². The van der Waals surface area contributed by atoms with Gasteiger partial charge in [0, 0.05) is 37.4 Å². The quantitative estimate of drug-likeness (QED) is 0.167. The zero-order valence-corrected chi connectivity index (χ0v) is 28.2. The van der Waals surface area contributed by atoms with Crippen molar-refractivity contribution in [3.8, 4) is 44.8 Å². The Morgan fingerprint density at radius 3 is 2.17 bits per heavy atom. The summed E-state index contributed by atoms with van der Waals surface area (Å²) in [7, 11) is 0. The van der Waals surface area contributed by atoms with E-state index in [4.69, 9.17) is 4.42 Å². The number of para-hydroxylation sites is 1. The van der Waals surface area contributed by atoms with Gasteiger partial charge >= 0.3 is 0 Å². The molecule has 0 bridgehead atoms. The smallest absolute Gasteiger partial charge is 0.147 e. The molecule has 0 saturated carbocycles. The maximum absolute atomic E-state index is 14.7. The summed E-state index contributed by atoms with van der Waals surface area (Å²) in [5.41, 5.74) is 11.0. The Morgan fingerprint density at radius 2 is 1.43 bits per heavy atom. The molecule has 0 saturated heterocycles. The number of halogens is 1. The topological polar surface area (TPSA) is 38.9 Å². The summed E-state index contributed by atoms with van der Waals surface area (Å²) in [6.45, 7) is 4.24. The summed E-state index contributed by atoms with van der Waals surface area (Å²) in [5, 5.41) is 1.93. The van der Waals surface area contributed by atoms with Crippen molar-refractivity contribution in [2.75, 3.05) is 0 Å². The van der Waals surface area contributed by atoms with Crippen LogP contribution in [0.4, 0.5) is 4.39 Å². The SMILES string of the molecule is Cc1cccc(C)c1-c1cccc2c1oc1cc[c-]c(-c3cc(-c4ccccc4)c(F)cn3)c12.[Ir].[c-]1ccccc1-c1ccccn1. The predicted molar refractivity (Wildman–Crippen MR) is 185 cm³/mol. The number of rotatable bonds is 4. The first-order chi connectivity index (χ1) is 22.6. The predicted octanol–water partition coefficient (Wildman–Crippen LogP) is 11.1. The summed E-state index contributed by atoms with van der Waals surface area (Å²) in [4.78, 5) is 8.65. The molecular weight excluding hydrogens is 760 g/mol. The second-order valence-corrected chi connectivity index (χ2v) is 11.0. The molecule has 0 atom stereocenters. The minimum absolute atomic E-state index is 0. The minimum atomic E-state index is -0.350. The molecule has 0 aliphatic heterocycles. The van der Waals surface area contributed by atoms with E-state index in [1.54, 1.807) is 12.3 Å². The Morgan fingerprint density at radius 1 is 0.660 bits per heavy atom. The molecule has 0 aliphatic rings. The largest absolute Gasteiger partial charge is 0.476 e. The van der Waals surface area contributed by atoms with E-state index in [0.29, 0.717) is 11.3 Å². The van der Waals surface area contributed by atoms with Crippen LogP contribution in [0.1, 0.15) is 11.1 Å². The van der Waals surface area contributed by atoms with Crippen molar-refractivity contribution < 1.29 is 28.9 Å². The van der Waals surface area contributed by atoms with Crippen molar-refractivity contribution in [1.29, 1.82) is 0 Å². The molecule has 8 rings (SSSR count). The van der Waals surface area contributed by atoms with Crippen LogP contribution in [0.3, 0.4) is 0 Å². The van der Waals surface area contributed by atoms with Crippen molar-refractivity contribution >= 4 is 21.9 Å². The monoisotopic (exact) mass is 789 g/mol. The number of hydrogen-bond donors (Lipinski definition) is 0. The third-order valence-corrected chi connectivity index (χ3v) is 8.05. The zero-order chi connectivity index (χ0) is 31.5. The number of aromatic nitrogens is 2. The van der Waals surface area contributed by atoms with Gasteiger partial charge in [-0.25, -0.2) is 4.39 Å². The second kappa shape index (κ2) is 14.0. The van der Waals surface area contributed by atoms with E-state index in [9.17, 15) is 4.39 Å². The fraction of sp³-hybridized carbons (Fsp3) is 0.0476. The summed E-state index contributed by atoms with van der Waals surface area (Å²) in [5.74, 6) is -0.350. The average Bonchev–Trinajstić information content (AvgIpc) is 3.50. The maximum Gasteiger partial charge on any atom is 0.147 e. The summed E-state index contributed by atoms with van der Waals surface area (Å²) in [6, 6.07) is 47.8. The molecule has 8 aromatic rings. The van der Waals surface area contributed by atoms with Crippen LogP contribution in [0.5, 0.6) is 0 Å². The number of furan rings is 1. The number of aryl methyl sites for hydroxylation is 2. The standard InChI is InChI=1S/C31H21FNO.C11H8N.Ir/c1-19-9-6-10-20(2)29(19)23-14-7-15-24-30-22(13-8-16-28(30)34-31(23)24)27-17-25(26(32)18-33-27)21-11-4-3-5-12-21;1-2-6-10(7-3-1)11-8-4-5-9-12-11;/h3-12,14-18H,1-2H3;1-6,8-9H;/q2*-1;. The third kappa shape index (κ3) is 6.41. The van der Waals surface area contributed by atoms with Crippen molar-refractivity contribution in [3.63, 3.8) is 0 Å². The van der Waals surface area contributed by atoms with Crippen LogP contribution in [-0.4, -0.2) is 9.97 Å². The fourth-order valence-corrected chi connectivity index (χ4v) is 5.91. The molecule has 3 heterocycles. The first-order valence-electron chi connectivity index (χ1n) is 15.1. The van der Waals surface area contributed by atoms with Crippen molar-refractivity contribution in [2.24, 2.45) is 0 Å². The van der Waals surface area contributed by atoms with Gasteiger partial charge in [-0.3, -0.25) is 0 Å². The average molecular weight is 789 g/mol. The van der Waals surface area contributed by atoms with Crippen LogP contribution < -0.4 is 0 Å². The van der Waals surface area contributed by atoms with Gasteiger partial charge in [-0.2, -0.15) is 0 Å². The van der Waals surface area contributed by atoms with Gasteiger partial charge in [-0.1, -0.05) is 96.4 Å². The molecule has 0 aliphatic carbocycles. The molecule has 47 heavy (non-hydrogen) atoms. The van der Waals surface area contributed by atoms with Crippen LogP contribution in [0.2, 0.25) is 0 Å². The minimum Gasteiger partial charge on any atom is -0.476 e. The van der Waals surface area contributed by atoms with Gasteiger partial charge in [0.1, 0.15) is 11.4 Å². The Bertz CT molecular complexity index is 2230. The third-order valence-electron chi connectivity index (χ3n) is 8.05. The molecule has 5 aromatic carbocycles. The van der Waals surface area contributed by atoms with E-state index in [0.717, 1.165) is 49.9 Å². The first-order valence-corrected chi connectivity index (χ1v) is 15.1. The fourth-order valence-electron chi connectivity index (χ4n) is 5.91. The van der Waals surface area contributed by atoms with Crippen LogP contribution in [-0.2, 0) is 20.1 Å². The number of nitrogens with zero attached hydrogens (tertiary/aromatic N) is 2. The van der Waals surface area contributed by atoms with Crippen LogP contribution in [0.15, 0.2) is 144 Å². The summed E-state index contributed by atoms with van der Waals surface area (Å²) in [6.07, 6.45) is 3.07. The second-order valence-electron chi connectivity index (χ2n) is 11.0. The van der Waals surface area contributed by atoms with Crippen molar-refractivity contribution in [3.05, 3.63) is 169 Å². The number of fused-ring (bicyclic) bond motifs is 3. The van der Waals surface area contributed by atoms with Crippen LogP contribution in [0, 0.1) is 31.8 Å². The van der Waals surface area contributed by atoms with E-state index in [1.807, 2.05) is 84.9 Å². The first kappa shape index (κ1) is 31.7. The van der Waals surface area contributed by atoms with Crippen molar-refractivity contribution in [1.82, 2.24) is 9.97 Å².